The first-order valence-corrected chi connectivity index (χ1v) is 14.4. The molecule has 3 aromatic rings. The van der Waals surface area contributed by atoms with Gasteiger partial charge in [0.15, 0.2) is 0 Å². The molecule has 1 fully saturated rings. The lowest BCUT2D eigenvalue weighted by molar-refractivity contribution is -0.123. The zero-order chi connectivity index (χ0) is 30.1. The highest BCUT2D eigenvalue weighted by Crippen LogP contribution is 2.44. The van der Waals surface area contributed by atoms with Crippen LogP contribution in [0.2, 0.25) is 0 Å². The molecule has 4 N–H and O–H groups in total. The van der Waals surface area contributed by atoms with Crippen LogP contribution in [0.15, 0.2) is 66.7 Å². The van der Waals surface area contributed by atoms with E-state index in [-0.39, 0.29) is 24.4 Å². The van der Waals surface area contributed by atoms with E-state index in [1.807, 2.05) is 31.3 Å². The molecule has 0 bridgehead atoms. The van der Waals surface area contributed by atoms with Gasteiger partial charge in [-0.25, -0.2) is 4.39 Å². The normalized spacial score (nSPS) is 16.5. The van der Waals surface area contributed by atoms with Gasteiger partial charge in [-0.05, 0) is 79.8 Å². The molecular weight excluding hydrogens is 537 g/mol. The summed E-state index contributed by atoms with van der Waals surface area (Å²) in [5.41, 5.74) is 1.42. The number of benzene rings is 3. The van der Waals surface area contributed by atoms with E-state index in [0.717, 1.165) is 5.56 Å². The van der Waals surface area contributed by atoms with Crippen LogP contribution in [0.1, 0.15) is 47.2 Å². The van der Waals surface area contributed by atoms with Gasteiger partial charge in [0.1, 0.15) is 18.2 Å². The third-order valence-corrected chi connectivity index (χ3v) is 8.00. The van der Waals surface area contributed by atoms with E-state index < -0.39 is 29.9 Å². The Labute approximate surface area is 246 Å². The van der Waals surface area contributed by atoms with Gasteiger partial charge < -0.3 is 30.5 Å². The third-order valence-electron chi connectivity index (χ3n) is 8.00. The molecule has 0 aliphatic carbocycles. The second kappa shape index (κ2) is 14.4. The highest BCUT2D eigenvalue weighted by Gasteiger charge is 2.43. The molecule has 1 saturated heterocycles. The number of nitrogens with one attached hydrogen (secondary N) is 2. The molecule has 1 heterocycles. The first-order valence-electron chi connectivity index (χ1n) is 14.4. The summed E-state index contributed by atoms with van der Waals surface area (Å²) in [6.45, 7) is 1.17. The van der Waals surface area contributed by atoms with Crippen molar-refractivity contribution in [3.63, 3.8) is 0 Å². The van der Waals surface area contributed by atoms with Gasteiger partial charge in [0, 0.05) is 43.2 Å². The number of carbonyl (C=O) groups excluding carboxylic acids is 2. The summed E-state index contributed by atoms with van der Waals surface area (Å²) in [7, 11) is 3.41. The summed E-state index contributed by atoms with van der Waals surface area (Å²) >= 11 is 0. The minimum Gasteiger partial charge on any atom is -0.497 e. The zero-order valence-electron chi connectivity index (χ0n) is 24.2. The van der Waals surface area contributed by atoms with Crippen molar-refractivity contribution in [1.29, 1.82) is 0 Å². The van der Waals surface area contributed by atoms with Gasteiger partial charge in [-0.2, -0.15) is 0 Å². The molecule has 0 spiro atoms. The van der Waals surface area contributed by atoms with Crippen LogP contribution in [0.4, 0.5) is 4.39 Å². The molecule has 2 unspecified atom stereocenters. The third kappa shape index (κ3) is 7.15. The Morgan fingerprint density at radius 3 is 2.60 bits per heavy atom. The molecular formula is C33H40FN3O5. The lowest BCUT2D eigenvalue weighted by Crippen LogP contribution is -2.48. The number of amides is 2. The molecule has 224 valence electrons. The van der Waals surface area contributed by atoms with Crippen molar-refractivity contribution < 1.29 is 28.9 Å². The molecule has 0 aromatic heterocycles. The maximum atomic E-state index is 15.6. The van der Waals surface area contributed by atoms with Crippen molar-refractivity contribution in [2.24, 2.45) is 5.92 Å². The number of piperidine rings is 1. The summed E-state index contributed by atoms with van der Waals surface area (Å²) in [5.74, 6) is -0.916. The minimum absolute atomic E-state index is 0.111. The number of carbonyl (C=O) groups is 2. The van der Waals surface area contributed by atoms with E-state index in [1.165, 1.54) is 6.07 Å². The number of likely N-dealkylation sites (tertiary alicyclic amines) is 1. The predicted octanol–water partition coefficient (Wildman–Crippen LogP) is 3.85. The summed E-state index contributed by atoms with van der Waals surface area (Å²) < 4.78 is 21.0. The van der Waals surface area contributed by atoms with Crippen LogP contribution in [-0.2, 0) is 16.9 Å². The average Bonchev–Trinajstić information content (AvgIpc) is 3.03. The Morgan fingerprint density at radius 2 is 1.88 bits per heavy atom. The molecule has 1 aliphatic heterocycles. The quantitative estimate of drug-likeness (QED) is 0.244. The molecule has 2 atom stereocenters. The Hall–Kier alpha value is -3.79. The number of nitrogens with zero attached hydrogens (tertiary/aromatic N) is 1. The van der Waals surface area contributed by atoms with Crippen LogP contribution >= 0.6 is 0 Å². The minimum atomic E-state index is -1.51. The predicted molar refractivity (Wildman–Crippen MR) is 159 cm³/mol. The smallest absolute Gasteiger partial charge is 0.253 e. The maximum absolute atomic E-state index is 15.6. The van der Waals surface area contributed by atoms with Crippen molar-refractivity contribution in [3.05, 3.63) is 89.2 Å². The molecule has 9 heteroatoms. The largest absolute Gasteiger partial charge is 0.497 e. The van der Waals surface area contributed by atoms with Crippen molar-refractivity contribution in [1.82, 2.24) is 15.5 Å². The fourth-order valence-corrected chi connectivity index (χ4v) is 5.86. The second-order valence-corrected chi connectivity index (χ2v) is 10.7. The van der Waals surface area contributed by atoms with Crippen LogP contribution in [-0.4, -0.2) is 67.3 Å². The Kier molecular flexibility index (Phi) is 10.7. The molecule has 0 radical (unpaired) electrons. The van der Waals surface area contributed by atoms with E-state index in [0.29, 0.717) is 61.3 Å². The van der Waals surface area contributed by atoms with E-state index in [4.69, 9.17) is 9.84 Å². The number of aliphatic hydroxyl groups excluding tert-OH is 1. The van der Waals surface area contributed by atoms with Gasteiger partial charge in [0.25, 0.3) is 5.91 Å². The van der Waals surface area contributed by atoms with Gasteiger partial charge >= 0.3 is 0 Å². The van der Waals surface area contributed by atoms with Gasteiger partial charge in [-0.1, -0.05) is 36.4 Å². The Morgan fingerprint density at radius 1 is 1.12 bits per heavy atom. The number of hydrogen-bond acceptors (Lipinski definition) is 6. The summed E-state index contributed by atoms with van der Waals surface area (Å²) in [4.78, 5) is 26.9. The second-order valence-electron chi connectivity index (χ2n) is 10.7. The molecule has 3 aromatic carbocycles. The van der Waals surface area contributed by atoms with Gasteiger partial charge in [0.05, 0.1) is 12.7 Å². The van der Waals surface area contributed by atoms with Crippen LogP contribution in [0.5, 0.6) is 5.75 Å². The highest BCUT2D eigenvalue weighted by molar-refractivity contribution is 5.94. The number of halogens is 1. The zero-order valence-corrected chi connectivity index (χ0v) is 24.2. The van der Waals surface area contributed by atoms with Crippen molar-refractivity contribution >= 4 is 11.8 Å². The topological polar surface area (TPSA) is 111 Å². The van der Waals surface area contributed by atoms with E-state index >= 15 is 4.39 Å². The first kappa shape index (κ1) is 31.2. The maximum Gasteiger partial charge on any atom is 0.253 e. The van der Waals surface area contributed by atoms with Gasteiger partial charge in [-0.3, -0.25) is 9.59 Å². The molecule has 4 rings (SSSR count). The number of rotatable bonds is 12. The lowest BCUT2D eigenvalue weighted by Gasteiger charge is -2.43. The van der Waals surface area contributed by atoms with E-state index in [1.54, 1.807) is 48.4 Å². The number of ether oxygens (including phenoxy) is 1. The monoisotopic (exact) mass is 577 g/mol. The van der Waals surface area contributed by atoms with E-state index in [9.17, 15) is 14.7 Å². The molecule has 2 amide bonds. The standard InChI is InChI=1S/C33H40FN3O5/c1-35-20-23-12-14-24(15-13-23)32(40)37-18-5-8-26(21-37)33(41,16-6-17-36-30(39)22-38)28-10-4-11-29(34)31(28)25-7-3-9-27(19-25)42-2/h3-4,7,9-15,19,26,35,38,41H,5-6,8,16-18,20-22H2,1-2H3,(H,36,39). The van der Waals surface area contributed by atoms with Crippen molar-refractivity contribution in [2.45, 2.75) is 37.8 Å². The lowest BCUT2D eigenvalue weighted by atomic mass is 9.72. The molecule has 0 saturated carbocycles. The molecule has 8 nitrogen and oxygen atoms in total. The number of methoxy groups -OCH3 is 1. The fraction of sp³-hybridized carbons (Fsp3) is 0.394. The highest BCUT2D eigenvalue weighted by atomic mass is 19.1. The number of hydrogen-bond donors (Lipinski definition) is 4. The summed E-state index contributed by atoms with van der Waals surface area (Å²) in [6, 6.07) is 19.3. The van der Waals surface area contributed by atoms with Crippen LogP contribution in [0.3, 0.4) is 0 Å². The van der Waals surface area contributed by atoms with E-state index in [2.05, 4.69) is 10.6 Å². The fourth-order valence-electron chi connectivity index (χ4n) is 5.86. The Balaban J connectivity index is 1.69. The number of aliphatic hydroxyl groups is 2. The van der Waals surface area contributed by atoms with Crippen molar-refractivity contribution in [3.8, 4) is 16.9 Å². The van der Waals surface area contributed by atoms with Crippen LogP contribution < -0.4 is 15.4 Å². The van der Waals surface area contributed by atoms with Gasteiger partial charge in [0.2, 0.25) is 5.91 Å². The molecule has 42 heavy (non-hydrogen) atoms. The Bertz CT molecular complexity index is 1370. The van der Waals surface area contributed by atoms with Crippen molar-refractivity contribution in [2.75, 3.05) is 40.4 Å². The van der Waals surface area contributed by atoms with Crippen LogP contribution in [0, 0.1) is 11.7 Å². The average molecular weight is 578 g/mol. The first-order chi connectivity index (χ1) is 20.3. The summed E-state index contributed by atoms with van der Waals surface area (Å²) in [5, 5.41) is 27.4. The van der Waals surface area contributed by atoms with Crippen LogP contribution in [0.25, 0.3) is 11.1 Å². The summed E-state index contributed by atoms with van der Waals surface area (Å²) in [6.07, 6.45) is 1.91. The SMILES string of the molecule is CNCc1ccc(C(=O)N2CCCC(C(O)(CCCNC(=O)CO)c3cccc(F)c3-c3cccc(OC)c3)C2)cc1. The van der Waals surface area contributed by atoms with Gasteiger partial charge in [-0.15, -0.1) is 0 Å². The molecule has 1 aliphatic rings.